The predicted octanol–water partition coefficient (Wildman–Crippen LogP) is 3.31. The van der Waals surface area contributed by atoms with Gasteiger partial charge in [0.2, 0.25) is 0 Å². The first-order chi connectivity index (χ1) is 10.4. The highest BCUT2D eigenvalue weighted by molar-refractivity contribution is 5.85. The smallest absolute Gasteiger partial charge is 0.131 e. The molecule has 1 heterocycles. The molecule has 0 bridgehead atoms. The molecule has 0 radical (unpaired) electrons. The zero-order chi connectivity index (χ0) is 16.8. The summed E-state index contributed by atoms with van der Waals surface area (Å²) >= 11 is 0. The molecule has 1 unspecified atom stereocenters. The van der Waals surface area contributed by atoms with E-state index in [-0.39, 0.29) is 0 Å². The van der Waals surface area contributed by atoms with Crippen molar-refractivity contribution in [1.29, 1.82) is 0 Å². The van der Waals surface area contributed by atoms with Crippen molar-refractivity contribution in [3.63, 3.8) is 0 Å². The maximum absolute atomic E-state index is 10.2. The lowest BCUT2D eigenvalue weighted by Gasteiger charge is -2.32. The predicted molar refractivity (Wildman–Crippen MR) is 92.5 cm³/mol. The third-order valence-electron chi connectivity index (χ3n) is 3.38. The van der Waals surface area contributed by atoms with Crippen molar-refractivity contribution in [1.82, 2.24) is 10.3 Å². The fraction of sp³-hybridized carbons (Fsp3) is 0.500. The summed E-state index contributed by atoms with van der Waals surface area (Å²) in [5, 5.41) is 14.1. The molecule has 0 aliphatic carbocycles. The number of hydrogen-bond acceptors (Lipinski definition) is 4. The van der Waals surface area contributed by atoms with Crippen molar-refractivity contribution in [2.75, 3.05) is 13.6 Å². The van der Waals surface area contributed by atoms with Crippen LogP contribution in [-0.4, -0.2) is 35.4 Å². The van der Waals surface area contributed by atoms with Crippen LogP contribution in [0, 0.1) is 6.92 Å². The largest absolute Gasteiger partial charge is 0.484 e. The number of aliphatic hydroxyl groups excluding tert-OH is 1. The highest BCUT2D eigenvalue weighted by Gasteiger charge is 2.30. The number of aromatic nitrogens is 1. The van der Waals surface area contributed by atoms with E-state index in [0.717, 1.165) is 22.3 Å². The van der Waals surface area contributed by atoms with Crippen LogP contribution in [0.2, 0.25) is 0 Å². The lowest BCUT2D eigenvalue weighted by molar-refractivity contribution is -0.0253. The minimum absolute atomic E-state index is 0.481. The second-order valence-corrected chi connectivity index (χ2v) is 5.56. The van der Waals surface area contributed by atoms with Gasteiger partial charge in [0.15, 0.2) is 0 Å². The number of rotatable bonds is 5. The number of likely N-dealkylation sites (N-methyl/N-ethyl adjacent to an activating group) is 1. The Morgan fingerprint density at radius 2 is 1.91 bits per heavy atom. The third-order valence-corrected chi connectivity index (χ3v) is 3.38. The molecular formula is C18H28N2O2. The highest BCUT2D eigenvalue weighted by atomic mass is 16.5. The van der Waals surface area contributed by atoms with Crippen LogP contribution < -0.4 is 10.1 Å². The number of aryl methyl sites for hydroxylation is 1. The van der Waals surface area contributed by atoms with Gasteiger partial charge in [-0.15, -0.1) is 0 Å². The van der Waals surface area contributed by atoms with E-state index in [0.29, 0.717) is 6.54 Å². The lowest BCUT2D eigenvalue weighted by atomic mass is 10.0. The van der Waals surface area contributed by atoms with Crippen LogP contribution in [0.1, 0.15) is 33.4 Å². The fourth-order valence-electron chi connectivity index (χ4n) is 2.14. The maximum Gasteiger partial charge on any atom is 0.131 e. The molecule has 0 saturated heterocycles. The Balaban J connectivity index is 0.00000116. The standard InChI is InChI=1S/C16H22N2O2.C2H6/c1-11-9-14(12-7-5-6-8-13(12)18-11)20-16(2,3)15(19)10-17-4;1-2/h5-9,15,17,19H,10H2,1-4H3;1-2H3. The lowest BCUT2D eigenvalue weighted by Crippen LogP contribution is -2.46. The molecule has 0 amide bonds. The molecule has 0 fully saturated rings. The number of nitrogens with one attached hydrogen (secondary N) is 1. The minimum atomic E-state index is -0.681. The maximum atomic E-state index is 10.2. The number of para-hydroxylation sites is 1. The van der Waals surface area contributed by atoms with Gasteiger partial charge in [0, 0.05) is 23.7 Å². The van der Waals surface area contributed by atoms with Crippen molar-refractivity contribution in [3.8, 4) is 5.75 Å². The summed E-state index contributed by atoms with van der Waals surface area (Å²) in [7, 11) is 1.81. The van der Waals surface area contributed by atoms with Gasteiger partial charge in [-0.05, 0) is 40.0 Å². The Kier molecular flexibility index (Phi) is 6.78. The summed E-state index contributed by atoms with van der Waals surface area (Å²) in [6.45, 7) is 10.2. The second-order valence-electron chi connectivity index (χ2n) is 5.56. The average Bonchev–Trinajstić information content (AvgIpc) is 2.49. The van der Waals surface area contributed by atoms with E-state index in [9.17, 15) is 5.11 Å². The minimum Gasteiger partial charge on any atom is -0.484 e. The zero-order valence-electron chi connectivity index (χ0n) is 14.5. The summed E-state index contributed by atoms with van der Waals surface area (Å²) in [5.74, 6) is 0.758. The highest BCUT2D eigenvalue weighted by Crippen LogP contribution is 2.29. The first kappa shape index (κ1) is 18.4. The summed E-state index contributed by atoms with van der Waals surface area (Å²) in [4.78, 5) is 4.49. The first-order valence-electron chi connectivity index (χ1n) is 7.82. The van der Waals surface area contributed by atoms with Gasteiger partial charge in [-0.2, -0.15) is 0 Å². The SMILES string of the molecule is CC.CNCC(O)C(C)(C)Oc1cc(C)nc2ccccc12. The van der Waals surface area contributed by atoms with Crippen molar-refractivity contribution < 1.29 is 9.84 Å². The molecule has 4 nitrogen and oxygen atoms in total. The van der Waals surface area contributed by atoms with Gasteiger partial charge in [0.1, 0.15) is 17.5 Å². The van der Waals surface area contributed by atoms with Crippen molar-refractivity contribution in [3.05, 3.63) is 36.0 Å². The molecule has 0 spiro atoms. The van der Waals surface area contributed by atoms with Gasteiger partial charge < -0.3 is 15.2 Å². The van der Waals surface area contributed by atoms with Crippen LogP contribution in [-0.2, 0) is 0 Å². The molecule has 2 N–H and O–H groups in total. The van der Waals surface area contributed by atoms with Gasteiger partial charge in [0.05, 0.1) is 5.52 Å². The van der Waals surface area contributed by atoms with Crippen LogP contribution in [0.5, 0.6) is 5.75 Å². The topological polar surface area (TPSA) is 54.4 Å². The van der Waals surface area contributed by atoms with Crippen LogP contribution in [0.3, 0.4) is 0 Å². The van der Waals surface area contributed by atoms with E-state index in [4.69, 9.17) is 4.74 Å². The number of pyridine rings is 1. The number of hydrogen-bond donors (Lipinski definition) is 2. The quantitative estimate of drug-likeness (QED) is 0.890. The van der Waals surface area contributed by atoms with Gasteiger partial charge in [-0.25, -0.2) is 0 Å². The Bertz CT molecular complexity index is 597. The van der Waals surface area contributed by atoms with Crippen LogP contribution in [0.15, 0.2) is 30.3 Å². The number of ether oxygens (including phenoxy) is 1. The molecule has 122 valence electrons. The molecule has 22 heavy (non-hydrogen) atoms. The van der Waals surface area contributed by atoms with Crippen molar-refractivity contribution in [2.24, 2.45) is 0 Å². The Morgan fingerprint density at radius 1 is 1.27 bits per heavy atom. The Hall–Kier alpha value is -1.65. The van der Waals surface area contributed by atoms with Gasteiger partial charge >= 0.3 is 0 Å². The Labute approximate surface area is 133 Å². The van der Waals surface area contributed by atoms with Gasteiger partial charge in [-0.1, -0.05) is 26.0 Å². The molecule has 0 saturated carbocycles. The van der Waals surface area contributed by atoms with E-state index in [2.05, 4.69) is 10.3 Å². The summed E-state index contributed by atoms with van der Waals surface area (Å²) in [6.07, 6.45) is -0.597. The van der Waals surface area contributed by atoms with E-state index in [1.807, 2.05) is 72.0 Å². The fourth-order valence-corrected chi connectivity index (χ4v) is 2.14. The molecule has 4 heteroatoms. The monoisotopic (exact) mass is 304 g/mol. The molecule has 0 aliphatic heterocycles. The van der Waals surface area contributed by atoms with E-state index >= 15 is 0 Å². The van der Waals surface area contributed by atoms with E-state index in [1.165, 1.54) is 0 Å². The number of aliphatic hydroxyl groups is 1. The van der Waals surface area contributed by atoms with Crippen LogP contribution in [0.4, 0.5) is 0 Å². The first-order valence-corrected chi connectivity index (χ1v) is 7.82. The van der Waals surface area contributed by atoms with Gasteiger partial charge in [0.25, 0.3) is 0 Å². The number of benzene rings is 1. The third kappa shape index (κ3) is 4.42. The summed E-state index contributed by atoms with van der Waals surface area (Å²) < 4.78 is 6.08. The molecule has 1 aromatic carbocycles. The number of fused-ring (bicyclic) bond motifs is 1. The molecule has 1 aromatic heterocycles. The van der Waals surface area contributed by atoms with Crippen molar-refractivity contribution >= 4 is 10.9 Å². The van der Waals surface area contributed by atoms with Crippen molar-refractivity contribution in [2.45, 2.75) is 46.3 Å². The van der Waals surface area contributed by atoms with E-state index in [1.54, 1.807) is 0 Å². The molecule has 2 aromatic rings. The molecule has 2 rings (SSSR count). The van der Waals surface area contributed by atoms with Crippen LogP contribution in [0.25, 0.3) is 10.9 Å². The van der Waals surface area contributed by atoms with Crippen LogP contribution >= 0.6 is 0 Å². The summed E-state index contributed by atoms with van der Waals surface area (Å²) in [6, 6.07) is 9.78. The average molecular weight is 304 g/mol. The number of nitrogens with zero attached hydrogens (tertiary/aromatic N) is 1. The molecular weight excluding hydrogens is 276 g/mol. The zero-order valence-corrected chi connectivity index (χ0v) is 14.5. The van der Waals surface area contributed by atoms with Gasteiger partial charge in [-0.3, -0.25) is 4.98 Å². The normalized spacial score (nSPS) is 12.5. The summed E-state index contributed by atoms with van der Waals surface area (Å²) in [5.41, 5.74) is 1.12. The second kappa shape index (κ2) is 8.11. The molecule has 1 atom stereocenters. The molecule has 0 aliphatic rings. The Morgan fingerprint density at radius 3 is 2.55 bits per heavy atom. The van der Waals surface area contributed by atoms with E-state index < -0.39 is 11.7 Å².